The predicted octanol–water partition coefficient (Wildman–Crippen LogP) is 2.10. The largest absolute Gasteiger partial charge is 0.360 e. The average molecular weight is 459 g/mol. The van der Waals surface area contributed by atoms with Crippen molar-refractivity contribution in [2.75, 3.05) is 26.2 Å². The van der Waals surface area contributed by atoms with Gasteiger partial charge in [0.1, 0.15) is 16.4 Å². The van der Waals surface area contributed by atoms with Gasteiger partial charge in [0.05, 0.1) is 6.04 Å². The van der Waals surface area contributed by atoms with Crippen molar-refractivity contribution < 1.29 is 22.1 Å². The molecular formula is C19H24ClFN4O4S. The van der Waals surface area contributed by atoms with Crippen LogP contribution in [0.4, 0.5) is 4.39 Å². The first kappa shape index (κ1) is 22.7. The highest BCUT2D eigenvalue weighted by atomic mass is 35.5. The van der Waals surface area contributed by atoms with Gasteiger partial charge in [0, 0.05) is 43.3 Å². The monoisotopic (exact) mass is 458 g/mol. The normalized spacial score (nSPS) is 16.6. The van der Waals surface area contributed by atoms with Crippen LogP contribution in [0.1, 0.15) is 23.9 Å². The number of aryl methyl sites for hydroxylation is 2. The number of aromatic nitrogens is 1. The molecule has 30 heavy (non-hydrogen) atoms. The van der Waals surface area contributed by atoms with Crippen molar-refractivity contribution in [1.82, 2.24) is 19.7 Å². The Morgan fingerprint density at radius 3 is 2.53 bits per heavy atom. The second-order valence-electron chi connectivity index (χ2n) is 7.30. The molecule has 1 saturated heterocycles. The topological polar surface area (TPSA) is 95.8 Å². The SMILES string of the molecule is Cc1noc(C)c1S(=O)(=O)N[C@@H](C)C(=O)N1CCN(Cc2c(F)cccc2Cl)CC1. The van der Waals surface area contributed by atoms with Gasteiger partial charge in [0.2, 0.25) is 15.9 Å². The van der Waals surface area contributed by atoms with Crippen molar-refractivity contribution >= 4 is 27.5 Å². The summed E-state index contributed by atoms with van der Waals surface area (Å²) in [6, 6.07) is 3.62. The second-order valence-corrected chi connectivity index (χ2v) is 9.36. The summed E-state index contributed by atoms with van der Waals surface area (Å²) in [5.41, 5.74) is 0.666. The summed E-state index contributed by atoms with van der Waals surface area (Å²) in [5.74, 6) is -0.516. The molecule has 0 aliphatic carbocycles. The molecule has 1 N–H and O–H groups in total. The van der Waals surface area contributed by atoms with Gasteiger partial charge >= 0.3 is 0 Å². The third-order valence-corrected chi connectivity index (χ3v) is 7.20. The first-order valence-corrected chi connectivity index (χ1v) is 11.4. The van der Waals surface area contributed by atoms with Crippen LogP contribution in [0, 0.1) is 19.7 Å². The highest BCUT2D eigenvalue weighted by Gasteiger charge is 2.31. The molecule has 1 fully saturated rings. The summed E-state index contributed by atoms with van der Waals surface area (Å²) in [7, 11) is -3.94. The number of piperazine rings is 1. The molecule has 1 aliphatic rings. The predicted molar refractivity (Wildman–Crippen MR) is 109 cm³/mol. The van der Waals surface area contributed by atoms with E-state index in [2.05, 4.69) is 9.88 Å². The Balaban J connectivity index is 1.58. The summed E-state index contributed by atoms with van der Waals surface area (Å²) < 4.78 is 46.5. The van der Waals surface area contributed by atoms with Crippen LogP contribution >= 0.6 is 11.6 Å². The molecule has 0 radical (unpaired) electrons. The number of rotatable bonds is 6. The first-order valence-electron chi connectivity index (χ1n) is 9.49. The standard InChI is InChI=1S/C19H24ClFN4O4S/c1-12-18(14(3)29-22-12)30(27,28)23-13(2)19(26)25-9-7-24(8-10-25)11-15-16(20)5-4-6-17(15)21/h4-6,13,23H,7-11H2,1-3H3/t13-/m0/s1. The van der Waals surface area contributed by atoms with Crippen LogP contribution in [0.2, 0.25) is 5.02 Å². The molecule has 2 aromatic rings. The van der Waals surface area contributed by atoms with E-state index < -0.39 is 16.1 Å². The molecule has 2 heterocycles. The summed E-state index contributed by atoms with van der Waals surface area (Å²) in [6.07, 6.45) is 0. The Kier molecular flexibility index (Phi) is 6.81. The second kappa shape index (κ2) is 9.01. The smallest absolute Gasteiger partial charge is 0.246 e. The van der Waals surface area contributed by atoms with E-state index in [0.29, 0.717) is 43.3 Å². The van der Waals surface area contributed by atoms with Crippen LogP contribution in [0.15, 0.2) is 27.6 Å². The average Bonchev–Trinajstić information content (AvgIpc) is 3.03. The summed E-state index contributed by atoms with van der Waals surface area (Å²) in [4.78, 5) is 16.3. The summed E-state index contributed by atoms with van der Waals surface area (Å²) in [6.45, 7) is 6.75. The lowest BCUT2D eigenvalue weighted by Crippen LogP contribution is -2.53. The van der Waals surface area contributed by atoms with Crippen LogP contribution in [-0.2, 0) is 21.4 Å². The first-order chi connectivity index (χ1) is 14.1. The minimum atomic E-state index is -3.94. The maximum atomic E-state index is 14.0. The van der Waals surface area contributed by atoms with Gasteiger partial charge in [0.15, 0.2) is 5.76 Å². The highest BCUT2D eigenvalue weighted by Crippen LogP contribution is 2.22. The Bertz CT molecular complexity index is 995. The van der Waals surface area contributed by atoms with Crippen LogP contribution in [0.5, 0.6) is 0 Å². The molecule has 1 aromatic heterocycles. The van der Waals surface area contributed by atoms with E-state index in [4.69, 9.17) is 16.1 Å². The molecule has 3 rings (SSSR count). The fourth-order valence-corrected chi connectivity index (χ4v) is 5.26. The zero-order valence-electron chi connectivity index (χ0n) is 17.0. The number of hydrogen-bond acceptors (Lipinski definition) is 6. The van der Waals surface area contributed by atoms with E-state index in [1.165, 1.54) is 26.8 Å². The van der Waals surface area contributed by atoms with Gasteiger partial charge < -0.3 is 9.42 Å². The number of carbonyl (C=O) groups excluding carboxylic acids is 1. The number of carbonyl (C=O) groups is 1. The molecule has 1 aliphatic heterocycles. The number of nitrogens with zero attached hydrogens (tertiary/aromatic N) is 3. The van der Waals surface area contributed by atoms with Crippen molar-refractivity contribution in [3.8, 4) is 0 Å². The lowest BCUT2D eigenvalue weighted by atomic mass is 10.1. The molecule has 0 spiro atoms. The Morgan fingerprint density at radius 2 is 1.97 bits per heavy atom. The zero-order valence-corrected chi connectivity index (χ0v) is 18.6. The van der Waals surface area contributed by atoms with Crippen LogP contribution in [-0.4, -0.2) is 61.5 Å². The summed E-state index contributed by atoms with van der Waals surface area (Å²) in [5, 5.41) is 4.02. The molecule has 0 unspecified atom stereocenters. The van der Waals surface area contributed by atoms with Gasteiger partial charge in [-0.1, -0.05) is 22.8 Å². The number of hydrogen-bond donors (Lipinski definition) is 1. The van der Waals surface area contributed by atoms with E-state index >= 15 is 0 Å². The third-order valence-electron chi connectivity index (χ3n) is 5.07. The Morgan fingerprint density at radius 1 is 1.30 bits per heavy atom. The number of halogens is 2. The maximum Gasteiger partial charge on any atom is 0.246 e. The highest BCUT2D eigenvalue weighted by molar-refractivity contribution is 7.89. The molecule has 0 saturated carbocycles. The van der Waals surface area contributed by atoms with E-state index in [1.807, 2.05) is 4.90 Å². The van der Waals surface area contributed by atoms with Crippen LogP contribution in [0.3, 0.4) is 0 Å². The Hall–Kier alpha value is -2.01. The van der Waals surface area contributed by atoms with Crippen molar-refractivity contribution in [3.05, 3.63) is 46.1 Å². The van der Waals surface area contributed by atoms with Crippen LogP contribution < -0.4 is 4.72 Å². The van der Waals surface area contributed by atoms with E-state index in [0.717, 1.165) is 0 Å². The maximum absolute atomic E-state index is 14.0. The third kappa shape index (κ3) is 4.83. The van der Waals surface area contributed by atoms with Crippen molar-refractivity contribution in [2.24, 2.45) is 0 Å². The molecule has 0 bridgehead atoms. The molecule has 1 amide bonds. The van der Waals surface area contributed by atoms with Crippen molar-refractivity contribution in [3.63, 3.8) is 0 Å². The minimum absolute atomic E-state index is 0.0475. The van der Waals surface area contributed by atoms with E-state index in [1.54, 1.807) is 17.0 Å². The minimum Gasteiger partial charge on any atom is -0.360 e. The number of nitrogens with one attached hydrogen (secondary N) is 1. The van der Waals surface area contributed by atoms with Gasteiger partial charge in [-0.25, -0.2) is 12.8 Å². The lowest BCUT2D eigenvalue weighted by molar-refractivity contribution is -0.134. The van der Waals surface area contributed by atoms with Gasteiger partial charge in [0.25, 0.3) is 0 Å². The number of benzene rings is 1. The van der Waals surface area contributed by atoms with E-state index in [9.17, 15) is 17.6 Å². The fourth-order valence-electron chi connectivity index (χ4n) is 3.51. The van der Waals surface area contributed by atoms with Crippen molar-refractivity contribution in [1.29, 1.82) is 0 Å². The lowest BCUT2D eigenvalue weighted by Gasteiger charge is -2.36. The fraction of sp³-hybridized carbons (Fsp3) is 0.474. The molecule has 1 atom stereocenters. The van der Waals surface area contributed by atoms with Gasteiger partial charge in [-0.2, -0.15) is 4.72 Å². The van der Waals surface area contributed by atoms with Crippen LogP contribution in [0.25, 0.3) is 0 Å². The molecule has 8 nitrogen and oxygen atoms in total. The molecular weight excluding hydrogens is 435 g/mol. The number of sulfonamides is 1. The molecule has 11 heteroatoms. The van der Waals surface area contributed by atoms with Gasteiger partial charge in [-0.05, 0) is 32.9 Å². The van der Waals surface area contributed by atoms with Crippen molar-refractivity contribution in [2.45, 2.75) is 38.3 Å². The van der Waals surface area contributed by atoms with Gasteiger partial charge in [-0.15, -0.1) is 0 Å². The summed E-state index contributed by atoms with van der Waals surface area (Å²) >= 11 is 6.09. The molecule has 1 aromatic carbocycles. The quantitative estimate of drug-likeness (QED) is 0.712. The molecule has 164 valence electrons. The van der Waals surface area contributed by atoms with Gasteiger partial charge in [-0.3, -0.25) is 9.69 Å². The zero-order chi connectivity index (χ0) is 22.1. The Labute approximate surface area is 180 Å². The van der Waals surface area contributed by atoms with E-state index in [-0.39, 0.29) is 28.1 Å². The number of amides is 1.